The van der Waals surface area contributed by atoms with Gasteiger partial charge in [-0.2, -0.15) is 11.8 Å². The predicted molar refractivity (Wildman–Crippen MR) is 55.7 cm³/mol. The summed E-state index contributed by atoms with van der Waals surface area (Å²) in [5.41, 5.74) is 0. The van der Waals surface area contributed by atoms with Crippen molar-refractivity contribution < 1.29 is 19.8 Å². The second kappa shape index (κ2) is 6.88. The van der Waals surface area contributed by atoms with Gasteiger partial charge in [-0.25, -0.2) is 14.6 Å². The number of hydrogen-bond acceptors (Lipinski definition) is 4. The molecule has 1 aromatic heterocycles. The Kier molecular flexibility index (Phi) is 6.19. The summed E-state index contributed by atoms with van der Waals surface area (Å²) in [5, 5.41) is 14.8. The Morgan fingerprint density at radius 2 is 2.00 bits per heavy atom. The van der Waals surface area contributed by atoms with Gasteiger partial charge >= 0.3 is 11.9 Å². The molecule has 0 unspecified atom stereocenters. The molecule has 0 saturated heterocycles. The third kappa shape index (κ3) is 5.74. The number of aliphatic carboxylic acids is 2. The second-order valence-corrected chi connectivity index (χ2v) is 3.36. The van der Waals surface area contributed by atoms with Gasteiger partial charge in [0.05, 0.1) is 5.75 Å². The van der Waals surface area contributed by atoms with Gasteiger partial charge in [-0.3, -0.25) is 0 Å². The third-order valence-electron chi connectivity index (χ3n) is 1.38. The maximum Gasteiger partial charge on any atom is 0.414 e. The lowest BCUT2D eigenvalue weighted by molar-refractivity contribution is -0.159. The van der Waals surface area contributed by atoms with Crippen molar-refractivity contribution >= 4 is 23.7 Å². The molecule has 1 heterocycles. The van der Waals surface area contributed by atoms with E-state index in [2.05, 4.69) is 11.2 Å². The molecule has 0 fully saturated rings. The van der Waals surface area contributed by atoms with Gasteiger partial charge in [-0.15, -0.1) is 0 Å². The van der Waals surface area contributed by atoms with Gasteiger partial charge in [0.1, 0.15) is 5.82 Å². The molecule has 6 nitrogen and oxygen atoms in total. The zero-order valence-corrected chi connectivity index (χ0v) is 9.19. The van der Waals surface area contributed by atoms with Crippen molar-refractivity contribution in [1.82, 2.24) is 9.55 Å². The summed E-state index contributed by atoms with van der Waals surface area (Å²) in [6.07, 6.45) is 5.87. The number of carbonyl (C=O) groups is 2. The van der Waals surface area contributed by atoms with Crippen LogP contribution in [0, 0.1) is 0 Å². The van der Waals surface area contributed by atoms with Gasteiger partial charge in [0.2, 0.25) is 0 Å². The SMILES string of the molecule is CSCc1nccn1C.O=C(O)C(=O)O. The van der Waals surface area contributed by atoms with Crippen molar-refractivity contribution in [3.8, 4) is 0 Å². The molecule has 0 bridgehead atoms. The number of rotatable bonds is 2. The Morgan fingerprint density at radius 3 is 2.27 bits per heavy atom. The lowest BCUT2D eigenvalue weighted by atomic mass is 10.7. The van der Waals surface area contributed by atoms with Crippen LogP contribution in [0.2, 0.25) is 0 Å². The quantitative estimate of drug-likeness (QED) is 0.719. The van der Waals surface area contributed by atoms with Crippen LogP contribution in [0.1, 0.15) is 5.82 Å². The van der Waals surface area contributed by atoms with E-state index in [4.69, 9.17) is 19.8 Å². The molecule has 1 aromatic rings. The summed E-state index contributed by atoms with van der Waals surface area (Å²) < 4.78 is 2.04. The van der Waals surface area contributed by atoms with Gasteiger partial charge < -0.3 is 14.8 Å². The maximum atomic E-state index is 9.10. The van der Waals surface area contributed by atoms with E-state index >= 15 is 0 Å². The zero-order valence-electron chi connectivity index (χ0n) is 8.38. The number of thioether (sulfide) groups is 1. The van der Waals surface area contributed by atoms with Crippen LogP contribution in [0.15, 0.2) is 12.4 Å². The first-order valence-corrected chi connectivity index (χ1v) is 5.29. The Morgan fingerprint density at radius 1 is 1.47 bits per heavy atom. The minimum absolute atomic E-state index is 1.00. The maximum absolute atomic E-state index is 9.10. The Labute approximate surface area is 90.9 Å². The average molecular weight is 232 g/mol. The summed E-state index contributed by atoms with van der Waals surface area (Å²) in [4.78, 5) is 22.3. The zero-order chi connectivity index (χ0) is 11.8. The van der Waals surface area contributed by atoms with Crippen molar-refractivity contribution in [3.05, 3.63) is 18.2 Å². The molecule has 0 amide bonds. The Hall–Kier alpha value is -1.50. The average Bonchev–Trinajstić information content (AvgIpc) is 2.53. The van der Waals surface area contributed by atoms with E-state index in [1.807, 2.05) is 24.0 Å². The molecule has 0 aliphatic rings. The van der Waals surface area contributed by atoms with Gasteiger partial charge in [0, 0.05) is 19.4 Å². The van der Waals surface area contributed by atoms with E-state index in [0.717, 1.165) is 11.6 Å². The van der Waals surface area contributed by atoms with Crippen molar-refractivity contribution in [2.45, 2.75) is 5.75 Å². The number of carboxylic acids is 2. The molecule has 2 N–H and O–H groups in total. The number of aromatic nitrogens is 2. The first-order valence-electron chi connectivity index (χ1n) is 3.90. The van der Waals surface area contributed by atoms with Gasteiger partial charge in [-0.1, -0.05) is 0 Å². The number of carboxylic acid groups (broad SMARTS) is 2. The number of hydrogen-bond donors (Lipinski definition) is 2. The number of aryl methyl sites for hydroxylation is 1. The lowest BCUT2D eigenvalue weighted by Gasteiger charge is -1.95. The van der Waals surface area contributed by atoms with Crippen LogP contribution in [0.4, 0.5) is 0 Å². The van der Waals surface area contributed by atoms with E-state index in [1.54, 1.807) is 11.8 Å². The minimum Gasteiger partial charge on any atom is -0.473 e. The van der Waals surface area contributed by atoms with Crippen LogP contribution in [-0.2, 0) is 22.4 Å². The van der Waals surface area contributed by atoms with Gasteiger partial charge in [-0.05, 0) is 6.26 Å². The summed E-state index contributed by atoms with van der Waals surface area (Å²) in [5.74, 6) is -1.50. The largest absolute Gasteiger partial charge is 0.473 e. The molecule has 7 heteroatoms. The van der Waals surface area contributed by atoms with E-state index in [-0.39, 0.29) is 0 Å². The molecular weight excluding hydrogens is 220 g/mol. The molecule has 84 valence electrons. The predicted octanol–water partition coefficient (Wildman–Crippen LogP) is 0.439. The molecular formula is C8H12N2O4S. The first-order chi connectivity index (χ1) is 6.99. The third-order valence-corrected chi connectivity index (χ3v) is 1.92. The van der Waals surface area contributed by atoms with Crippen LogP contribution >= 0.6 is 11.8 Å². The smallest absolute Gasteiger partial charge is 0.414 e. The summed E-state index contributed by atoms with van der Waals surface area (Å²) >= 11 is 1.79. The molecule has 0 radical (unpaired) electrons. The van der Waals surface area contributed by atoms with Crippen LogP contribution in [-0.4, -0.2) is 38.0 Å². The van der Waals surface area contributed by atoms with E-state index in [0.29, 0.717) is 0 Å². The van der Waals surface area contributed by atoms with Crippen LogP contribution < -0.4 is 0 Å². The normalized spacial score (nSPS) is 8.93. The molecule has 0 atom stereocenters. The number of imidazole rings is 1. The molecule has 0 aromatic carbocycles. The summed E-state index contributed by atoms with van der Waals surface area (Å²) in [6, 6.07) is 0. The topological polar surface area (TPSA) is 92.4 Å². The standard InChI is InChI=1S/C6H10N2S.C2H2O4/c1-8-4-3-7-6(8)5-9-2;3-1(4)2(5)6/h3-4H,5H2,1-2H3;(H,3,4)(H,5,6). The molecule has 0 saturated carbocycles. The van der Waals surface area contributed by atoms with Crippen molar-refractivity contribution in [1.29, 1.82) is 0 Å². The lowest BCUT2D eigenvalue weighted by Crippen LogP contribution is -2.09. The monoisotopic (exact) mass is 232 g/mol. The molecule has 0 aliphatic heterocycles. The summed E-state index contributed by atoms with van der Waals surface area (Å²) in [7, 11) is 2.01. The highest BCUT2D eigenvalue weighted by molar-refractivity contribution is 7.97. The van der Waals surface area contributed by atoms with Crippen molar-refractivity contribution in [2.24, 2.45) is 7.05 Å². The van der Waals surface area contributed by atoms with Gasteiger partial charge in [0.25, 0.3) is 0 Å². The van der Waals surface area contributed by atoms with Crippen LogP contribution in [0.25, 0.3) is 0 Å². The van der Waals surface area contributed by atoms with Crippen LogP contribution in [0.5, 0.6) is 0 Å². The van der Waals surface area contributed by atoms with Crippen molar-refractivity contribution in [2.75, 3.05) is 6.26 Å². The van der Waals surface area contributed by atoms with E-state index in [9.17, 15) is 0 Å². The highest BCUT2D eigenvalue weighted by Crippen LogP contribution is 2.04. The van der Waals surface area contributed by atoms with E-state index in [1.165, 1.54) is 0 Å². The minimum atomic E-state index is -1.82. The molecule has 1 rings (SSSR count). The van der Waals surface area contributed by atoms with E-state index < -0.39 is 11.9 Å². The van der Waals surface area contributed by atoms with Crippen molar-refractivity contribution in [3.63, 3.8) is 0 Å². The molecule has 0 aliphatic carbocycles. The Balaban J connectivity index is 0.000000288. The van der Waals surface area contributed by atoms with Crippen LogP contribution in [0.3, 0.4) is 0 Å². The van der Waals surface area contributed by atoms with Gasteiger partial charge in [0.15, 0.2) is 0 Å². The second-order valence-electron chi connectivity index (χ2n) is 2.50. The Bertz CT molecular complexity index is 325. The first kappa shape index (κ1) is 13.5. The fourth-order valence-electron chi connectivity index (χ4n) is 0.665. The molecule has 15 heavy (non-hydrogen) atoms. The molecule has 0 spiro atoms. The highest BCUT2D eigenvalue weighted by Gasteiger charge is 2.04. The number of nitrogens with zero attached hydrogens (tertiary/aromatic N) is 2. The fraction of sp³-hybridized carbons (Fsp3) is 0.375. The summed E-state index contributed by atoms with van der Waals surface area (Å²) in [6.45, 7) is 0. The highest BCUT2D eigenvalue weighted by atomic mass is 32.2. The fourth-order valence-corrected chi connectivity index (χ4v) is 1.20.